The zero-order chi connectivity index (χ0) is 15.4. The van der Waals surface area contributed by atoms with Crippen molar-refractivity contribution in [1.29, 1.82) is 0 Å². The number of aryl methyl sites for hydroxylation is 1. The lowest BCUT2D eigenvalue weighted by Crippen LogP contribution is -2.40. The quantitative estimate of drug-likeness (QED) is 0.903. The molecule has 0 bridgehead atoms. The monoisotopic (exact) mass is 306 g/mol. The largest absolute Gasteiger partial charge is 0.376 e. The van der Waals surface area contributed by atoms with Crippen LogP contribution in [0.4, 0.5) is 0 Å². The predicted octanol–water partition coefficient (Wildman–Crippen LogP) is 1.04. The van der Waals surface area contributed by atoms with Crippen LogP contribution in [0.1, 0.15) is 36.0 Å². The number of aromatic nitrogens is 2. The Labute approximate surface area is 131 Å². The summed E-state index contributed by atoms with van der Waals surface area (Å²) in [7, 11) is 1.84. The molecule has 1 aromatic heterocycles. The third kappa shape index (κ3) is 3.87. The van der Waals surface area contributed by atoms with E-state index in [1.54, 1.807) is 17.1 Å². The third-order valence-corrected chi connectivity index (χ3v) is 4.75. The Morgan fingerprint density at radius 3 is 2.86 bits per heavy atom. The lowest BCUT2D eigenvalue weighted by atomic mass is 9.90. The van der Waals surface area contributed by atoms with Crippen LogP contribution in [0.25, 0.3) is 0 Å². The average molecular weight is 306 g/mol. The van der Waals surface area contributed by atoms with Crippen molar-refractivity contribution >= 4 is 5.91 Å². The number of hydrogen-bond acceptors (Lipinski definition) is 4. The molecule has 2 aliphatic rings. The number of carbonyl (C=O) groups is 1. The van der Waals surface area contributed by atoms with Crippen LogP contribution in [-0.2, 0) is 11.8 Å². The molecule has 0 saturated carbocycles. The Hall–Kier alpha value is -1.40. The van der Waals surface area contributed by atoms with Gasteiger partial charge in [-0.05, 0) is 31.6 Å². The predicted molar refractivity (Wildman–Crippen MR) is 83.7 cm³/mol. The summed E-state index contributed by atoms with van der Waals surface area (Å²) >= 11 is 0. The van der Waals surface area contributed by atoms with Gasteiger partial charge < -0.3 is 15.0 Å². The van der Waals surface area contributed by atoms with E-state index in [-0.39, 0.29) is 5.91 Å². The van der Waals surface area contributed by atoms with Crippen molar-refractivity contribution in [3.8, 4) is 0 Å². The summed E-state index contributed by atoms with van der Waals surface area (Å²) in [5.41, 5.74) is 0.697. The summed E-state index contributed by atoms with van der Waals surface area (Å²) in [5.74, 6) is 0.842. The number of nitrogens with one attached hydrogen (secondary N) is 1. The van der Waals surface area contributed by atoms with Gasteiger partial charge in [-0.1, -0.05) is 0 Å². The Kier molecular flexibility index (Phi) is 5.10. The van der Waals surface area contributed by atoms with Crippen LogP contribution in [0.15, 0.2) is 12.4 Å². The van der Waals surface area contributed by atoms with Crippen LogP contribution < -0.4 is 5.32 Å². The molecule has 0 aromatic carbocycles. The maximum absolute atomic E-state index is 12.4. The van der Waals surface area contributed by atoms with Gasteiger partial charge in [0.15, 0.2) is 0 Å². The molecule has 0 spiro atoms. The second-order valence-corrected chi connectivity index (χ2v) is 6.41. The number of ether oxygens (including phenoxy) is 1. The number of morpholine rings is 1. The van der Waals surface area contributed by atoms with Gasteiger partial charge in [-0.2, -0.15) is 5.10 Å². The molecule has 122 valence electrons. The van der Waals surface area contributed by atoms with Crippen LogP contribution in [-0.4, -0.2) is 59.5 Å². The molecule has 3 heterocycles. The van der Waals surface area contributed by atoms with Gasteiger partial charge in [-0.15, -0.1) is 0 Å². The van der Waals surface area contributed by atoms with E-state index < -0.39 is 0 Å². The van der Waals surface area contributed by atoms with Crippen molar-refractivity contribution < 1.29 is 9.53 Å². The summed E-state index contributed by atoms with van der Waals surface area (Å²) < 4.78 is 7.43. The minimum atomic E-state index is 0.117. The van der Waals surface area contributed by atoms with E-state index in [0.29, 0.717) is 11.7 Å². The van der Waals surface area contributed by atoms with Crippen molar-refractivity contribution in [2.24, 2.45) is 13.0 Å². The molecule has 1 aromatic rings. The number of carbonyl (C=O) groups excluding carboxylic acids is 1. The number of piperidine rings is 1. The van der Waals surface area contributed by atoms with Gasteiger partial charge in [0, 0.05) is 39.4 Å². The maximum atomic E-state index is 12.4. The highest BCUT2D eigenvalue weighted by Gasteiger charge is 2.25. The van der Waals surface area contributed by atoms with Crippen LogP contribution >= 0.6 is 0 Å². The van der Waals surface area contributed by atoms with E-state index in [9.17, 15) is 4.79 Å². The highest BCUT2D eigenvalue weighted by atomic mass is 16.5. The van der Waals surface area contributed by atoms with Gasteiger partial charge in [0.1, 0.15) is 0 Å². The fourth-order valence-electron chi connectivity index (χ4n) is 3.37. The third-order valence-electron chi connectivity index (χ3n) is 4.75. The molecule has 1 unspecified atom stereocenters. The Morgan fingerprint density at radius 2 is 2.23 bits per heavy atom. The van der Waals surface area contributed by atoms with Crippen molar-refractivity contribution in [3.05, 3.63) is 18.0 Å². The maximum Gasteiger partial charge on any atom is 0.257 e. The van der Waals surface area contributed by atoms with Gasteiger partial charge in [0.25, 0.3) is 5.91 Å². The SMILES string of the molecule is Cn1cc(C(=O)N2CCC(CCC3CNCCO3)CC2)cn1. The van der Waals surface area contributed by atoms with Crippen LogP contribution in [0.5, 0.6) is 0 Å². The van der Waals surface area contributed by atoms with Crippen LogP contribution in [0.3, 0.4) is 0 Å². The summed E-state index contributed by atoms with van der Waals surface area (Å²) in [5, 5.41) is 7.46. The molecule has 0 aliphatic carbocycles. The van der Waals surface area contributed by atoms with Crippen molar-refractivity contribution in [1.82, 2.24) is 20.0 Å². The highest BCUT2D eigenvalue weighted by Crippen LogP contribution is 2.24. The molecule has 3 rings (SSSR count). The summed E-state index contributed by atoms with van der Waals surface area (Å²) in [4.78, 5) is 14.3. The Bertz CT molecular complexity index is 488. The van der Waals surface area contributed by atoms with E-state index in [1.807, 2.05) is 11.9 Å². The standard InChI is InChI=1S/C16H26N4O2/c1-19-12-14(10-18-19)16(21)20-7-4-13(5-8-20)2-3-15-11-17-6-9-22-15/h10,12-13,15,17H,2-9,11H2,1H3. The summed E-state index contributed by atoms with van der Waals surface area (Å²) in [6.07, 6.45) is 8.38. The average Bonchev–Trinajstić information content (AvgIpc) is 3.00. The lowest BCUT2D eigenvalue weighted by molar-refractivity contribution is 0.0175. The van der Waals surface area contributed by atoms with Gasteiger partial charge in [0.05, 0.1) is 24.5 Å². The highest BCUT2D eigenvalue weighted by molar-refractivity contribution is 5.93. The van der Waals surface area contributed by atoms with Gasteiger partial charge in [0.2, 0.25) is 0 Å². The summed E-state index contributed by atoms with van der Waals surface area (Å²) in [6.45, 7) is 4.52. The van der Waals surface area contributed by atoms with Crippen LogP contribution in [0.2, 0.25) is 0 Å². The topological polar surface area (TPSA) is 59.4 Å². The molecular formula is C16H26N4O2. The first-order valence-corrected chi connectivity index (χ1v) is 8.32. The molecule has 2 fully saturated rings. The molecule has 0 radical (unpaired) electrons. The number of rotatable bonds is 4. The van der Waals surface area contributed by atoms with Crippen LogP contribution in [0, 0.1) is 5.92 Å². The normalized spacial score (nSPS) is 23.7. The van der Waals surface area contributed by atoms with Crippen molar-refractivity contribution in [2.45, 2.75) is 31.8 Å². The Morgan fingerprint density at radius 1 is 1.41 bits per heavy atom. The van der Waals surface area contributed by atoms with Gasteiger partial charge in [-0.3, -0.25) is 9.48 Å². The molecule has 6 heteroatoms. The molecule has 1 N–H and O–H groups in total. The van der Waals surface area contributed by atoms with Gasteiger partial charge in [-0.25, -0.2) is 0 Å². The first kappa shape index (κ1) is 15.5. The zero-order valence-corrected chi connectivity index (χ0v) is 13.3. The fraction of sp³-hybridized carbons (Fsp3) is 0.750. The molecule has 6 nitrogen and oxygen atoms in total. The van der Waals surface area contributed by atoms with Gasteiger partial charge >= 0.3 is 0 Å². The molecule has 1 atom stereocenters. The molecular weight excluding hydrogens is 280 g/mol. The molecule has 1 amide bonds. The number of hydrogen-bond donors (Lipinski definition) is 1. The lowest BCUT2D eigenvalue weighted by Gasteiger charge is -2.33. The van der Waals surface area contributed by atoms with Crippen molar-refractivity contribution in [2.75, 3.05) is 32.8 Å². The molecule has 2 saturated heterocycles. The first-order chi connectivity index (χ1) is 10.7. The number of likely N-dealkylation sites (tertiary alicyclic amines) is 1. The first-order valence-electron chi connectivity index (χ1n) is 8.32. The second-order valence-electron chi connectivity index (χ2n) is 6.41. The number of nitrogens with zero attached hydrogens (tertiary/aromatic N) is 3. The zero-order valence-electron chi connectivity index (χ0n) is 13.3. The molecule has 2 aliphatic heterocycles. The van der Waals surface area contributed by atoms with E-state index in [4.69, 9.17) is 4.74 Å². The van der Waals surface area contributed by atoms with E-state index >= 15 is 0 Å². The molecule has 22 heavy (non-hydrogen) atoms. The van der Waals surface area contributed by atoms with E-state index in [0.717, 1.165) is 58.0 Å². The minimum absolute atomic E-state index is 0.117. The Balaban J connectivity index is 1.41. The second kappa shape index (κ2) is 7.24. The number of amides is 1. The van der Waals surface area contributed by atoms with E-state index in [2.05, 4.69) is 10.4 Å². The van der Waals surface area contributed by atoms with E-state index in [1.165, 1.54) is 6.42 Å². The minimum Gasteiger partial charge on any atom is -0.376 e. The summed E-state index contributed by atoms with van der Waals surface area (Å²) in [6, 6.07) is 0. The smallest absolute Gasteiger partial charge is 0.257 e. The fourth-order valence-corrected chi connectivity index (χ4v) is 3.37. The van der Waals surface area contributed by atoms with Crippen molar-refractivity contribution in [3.63, 3.8) is 0 Å².